The Bertz CT molecular complexity index is 425. The Morgan fingerprint density at radius 1 is 1.67 bits per heavy atom. The monoisotopic (exact) mass is 209 g/mol. The molecule has 0 aliphatic rings. The lowest BCUT2D eigenvalue weighted by Crippen LogP contribution is -2.07. The molecule has 0 amide bonds. The van der Waals surface area contributed by atoms with Crippen LogP contribution in [-0.4, -0.2) is 18.2 Å². The highest BCUT2D eigenvalue weighted by atomic mass is 19.1. The molecule has 0 bridgehead atoms. The SMILES string of the molecule is COc1ccc(C#N)cc1C(F)C(=O)O. The number of benzene rings is 1. The quantitative estimate of drug-likeness (QED) is 0.821. The number of carbonyl (C=O) groups is 1. The summed E-state index contributed by atoms with van der Waals surface area (Å²) in [6, 6.07) is 5.75. The molecule has 15 heavy (non-hydrogen) atoms. The summed E-state index contributed by atoms with van der Waals surface area (Å²) < 4.78 is 18.0. The van der Waals surface area contributed by atoms with Crippen LogP contribution in [0.3, 0.4) is 0 Å². The van der Waals surface area contributed by atoms with E-state index in [2.05, 4.69) is 0 Å². The van der Waals surface area contributed by atoms with Gasteiger partial charge in [0.2, 0.25) is 6.17 Å². The summed E-state index contributed by atoms with van der Waals surface area (Å²) in [4.78, 5) is 10.5. The van der Waals surface area contributed by atoms with Crippen LogP contribution in [0.4, 0.5) is 4.39 Å². The van der Waals surface area contributed by atoms with Crippen LogP contribution < -0.4 is 4.74 Å². The van der Waals surface area contributed by atoms with Gasteiger partial charge in [0.05, 0.1) is 18.7 Å². The van der Waals surface area contributed by atoms with Crippen LogP contribution in [0.15, 0.2) is 18.2 Å². The third kappa shape index (κ3) is 2.23. The first-order valence-corrected chi connectivity index (χ1v) is 4.05. The van der Waals surface area contributed by atoms with Crippen LogP contribution in [0.5, 0.6) is 5.75 Å². The molecule has 1 aromatic carbocycles. The molecule has 1 N–H and O–H groups in total. The summed E-state index contributed by atoms with van der Waals surface area (Å²) in [7, 11) is 1.31. The Morgan fingerprint density at radius 3 is 2.80 bits per heavy atom. The van der Waals surface area contributed by atoms with Crippen LogP contribution in [-0.2, 0) is 4.79 Å². The molecule has 4 nitrogen and oxygen atoms in total. The predicted octanol–water partition coefficient (Wildman–Crippen LogP) is 1.66. The summed E-state index contributed by atoms with van der Waals surface area (Å²) in [5, 5.41) is 17.1. The van der Waals surface area contributed by atoms with E-state index in [9.17, 15) is 9.18 Å². The van der Waals surface area contributed by atoms with Gasteiger partial charge in [-0.25, -0.2) is 9.18 Å². The molecule has 1 unspecified atom stereocenters. The molecule has 0 aliphatic heterocycles. The molecule has 1 atom stereocenters. The number of alkyl halides is 1. The molecule has 5 heteroatoms. The van der Waals surface area contributed by atoms with Crippen LogP contribution in [0.2, 0.25) is 0 Å². The van der Waals surface area contributed by atoms with Crippen molar-refractivity contribution in [1.29, 1.82) is 5.26 Å². The van der Waals surface area contributed by atoms with Gasteiger partial charge in [0.15, 0.2) is 0 Å². The summed E-state index contributed by atoms with van der Waals surface area (Å²) in [5.41, 5.74) is 0.0405. The maximum absolute atomic E-state index is 13.2. The minimum Gasteiger partial charge on any atom is -0.496 e. The maximum Gasteiger partial charge on any atom is 0.343 e. The summed E-state index contributed by atoms with van der Waals surface area (Å²) >= 11 is 0. The first kappa shape index (κ1) is 11.0. The van der Waals surface area contributed by atoms with E-state index < -0.39 is 12.1 Å². The molecule has 0 radical (unpaired) electrons. The smallest absolute Gasteiger partial charge is 0.343 e. The largest absolute Gasteiger partial charge is 0.496 e. The molecule has 0 heterocycles. The van der Waals surface area contributed by atoms with E-state index in [1.54, 1.807) is 6.07 Å². The van der Waals surface area contributed by atoms with Crippen molar-refractivity contribution in [2.24, 2.45) is 0 Å². The summed E-state index contributed by atoms with van der Waals surface area (Å²) in [6.45, 7) is 0. The number of nitriles is 1. The lowest BCUT2D eigenvalue weighted by Gasteiger charge is -2.09. The van der Waals surface area contributed by atoms with Crippen LogP contribution in [0.25, 0.3) is 0 Å². The zero-order valence-electron chi connectivity index (χ0n) is 7.90. The van der Waals surface area contributed by atoms with Gasteiger partial charge in [0.25, 0.3) is 0 Å². The molecule has 0 aliphatic carbocycles. The molecule has 1 aromatic rings. The molecule has 1 rings (SSSR count). The van der Waals surface area contributed by atoms with Crippen molar-refractivity contribution in [3.05, 3.63) is 29.3 Å². The number of carboxylic acid groups (broad SMARTS) is 1. The predicted molar refractivity (Wildman–Crippen MR) is 49.2 cm³/mol. The second-order valence-electron chi connectivity index (χ2n) is 2.77. The van der Waals surface area contributed by atoms with E-state index in [0.29, 0.717) is 0 Å². The zero-order chi connectivity index (χ0) is 11.4. The fraction of sp³-hybridized carbons (Fsp3) is 0.200. The van der Waals surface area contributed by atoms with Crippen molar-refractivity contribution in [2.45, 2.75) is 6.17 Å². The zero-order valence-corrected chi connectivity index (χ0v) is 7.90. The first-order chi connectivity index (χ1) is 7.10. The first-order valence-electron chi connectivity index (χ1n) is 4.05. The van der Waals surface area contributed by atoms with Gasteiger partial charge in [0, 0.05) is 5.56 Å². The van der Waals surface area contributed by atoms with Crippen LogP contribution >= 0.6 is 0 Å². The topological polar surface area (TPSA) is 70.3 Å². The third-order valence-corrected chi connectivity index (χ3v) is 1.85. The fourth-order valence-electron chi connectivity index (χ4n) is 1.13. The summed E-state index contributed by atoms with van der Waals surface area (Å²) in [5.74, 6) is -1.49. The standard InChI is InChI=1S/C10H8FNO3/c1-15-8-3-2-6(5-12)4-7(8)9(11)10(13)14/h2-4,9H,1H3,(H,13,14). The van der Waals surface area contributed by atoms with E-state index in [1.807, 2.05) is 0 Å². The normalized spacial score (nSPS) is 11.5. The number of methoxy groups -OCH3 is 1. The van der Waals surface area contributed by atoms with E-state index in [0.717, 1.165) is 6.07 Å². The minimum absolute atomic E-state index is 0.115. The van der Waals surface area contributed by atoms with Gasteiger partial charge >= 0.3 is 5.97 Å². The van der Waals surface area contributed by atoms with Crippen molar-refractivity contribution in [1.82, 2.24) is 0 Å². The molecule has 0 aromatic heterocycles. The number of halogens is 1. The number of nitrogens with zero attached hydrogens (tertiary/aromatic N) is 1. The van der Waals surface area contributed by atoms with E-state index in [-0.39, 0.29) is 16.9 Å². The molecular weight excluding hydrogens is 201 g/mol. The average Bonchev–Trinajstić information content (AvgIpc) is 2.27. The van der Waals surface area contributed by atoms with Gasteiger partial charge in [-0.05, 0) is 18.2 Å². The maximum atomic E-state index is 13.2. The van der Waals surface area contributed by atoms with Crippen LogP contribution in [0.1, 0.15) is 17.3 Å². The number of rotatable bonds is 3. The Labute approximate surface area is 85.5 Å². The highest BCUT2D eigenvalue weighted by Crippen LogP contribution is 2.28. The Hall–Kier alpha value is -2.09. The number of ether oxygens (including phenoxy) is 1. The third-order valence-electron chi connectivity index (χ3n) is 1.85. The van der Waals surface area contributed by atoms with Crippen LogP contribution in [0, 0.1) is 11.3 Å². The van der Waals surface area contributed by atoms with Crippen molar-refractivity contribution in [3.63, 3.8) is 0 Å². The van der Waals surface area contributed by atoms with Gasteiger partial charge in [-0.1, -0.05) is 0 Å². The van der Waals surface area contributed by atoms with Crippen molar-refractivity contribution in [3.8, 4) is 11.8 Å². The second-order valence-corrected chi connectivity index (χ2v) is 2.77. The molecule has 0 saturated heterocycles. The van der Waals surface area contributed by atoms with E-state index in [1.165, 1.54) is 19.2 Å². The summed E-state index contributed by atoms with van der Waals surface area (Å²) in [6.07, 6.45) is -2.19. The van der Waals surface area contributed by atoms with Gasteiger partial charge < -0.3 is 9.84 Å². The number of hydrogen-bond acceptors (Lipinski definition) is 3. The fourth-order valence-corrected chi connectivity index (χ4v) is 1.13. The lowest BCUT2D eigenvalue weighted by molar-refractivity contribution is -0.143. The van der Waals surface area contributed by atoms with Gasteiger partial charge in [0.1, 0.15) is 5.75 Å². The second kappa shape index (κ2) is 4.42. The number of aliphatic carboxylic acids is 1. The Morgan fingerprint density at radius 2 is 2.33 bits per heavy atom. The molecule has 0 saturated carbocycles. The minimum atomic E-state index is -2.19. The van der Waals surface area contributed by atoms with Crippen molar-refractivity contribution >= 4 is 5.97 Å². The Kier molecular flexibility index (Phi) is 3.24. The lowest BCUT2D eigenvalue weighted by atomic mass is 10.1. The van der Waals surface area contributed by atoms with E-state index in [4.69, 9.17) is 15.1 Å². The van der Waals surface area contributed by atoms with Crippen molar-refractivity contribution in [2.75, 3.05) is 7.11 Å². The van der Waals surface area contributed by atoms with E-state index >= 15 is 0 Å². The van der Waals surface area contributed by atoms with Gasteiger partial charge in [-0.3, -0.25) is 0 Å². The highest BCUT2D eigenvalue weighted by molar-refractivity contribution is 5.75. The Balaban J connectivity index is 3.24. The molecule has 78 valence electrons. The number of hydrogen-bond donors (Lipinski definition) is 1. The average molecular weight is 209 g/mol. The molecule has 0 spiro atoms. The number of carboxylic acids is 1. The highest BCUT2D eigenvalue weighted by Gasteiger charge is 2.22. The molecular formula is C10H8FNO3. The van der Waals surface area contributed by atoms with Crippen molar-refractivity contribution < 1.29 is 19.0 Å². The molecule has 0 fully saturated rings. The van der Waals surface area contributed by atoms with Gasteiger partial charge in [-0.15, -0.1) is 0 Å². The van der Waals surface area contributed by atoms with Gasteiger partial charge in [-0.2, -0.15) is 5.26 Å².